The summed E-state index contributed by atoms with van der Waals surface area (Å²) in [4.78, 5) is 54.8. The smallest absolute Gasteiger partial charge is 0.343 e. The van der Waals surface area contributed by atoms with E-state index in [0.29, 0.717) is 11.1 Å². The van der Waals surface area contributed by atoms with E-state index in [2.05, 4.69) is 16.3 Å². The summed E-state index contributed by atoms with van der Waals surface area (Å²) in [6, 6.07) is 10.3. The molecule has 3 aromatic rings. The molecule has 1 aromatic heterocycles. The van der Waals surface area contributed by atoms with Gasteiger partial charge in [0.05, 0.1) is 12.1 Å². The van der Waals surface area contributed by atoms with Gasteiger partial charge in [0.2, 0.25) is 0 Å². The maximum Gasteiger partial charge on any atom is 0.343 e. The van der Waals surface area contributed by atoms with E-state index in [1.165, 1.54) is 17.3 Å². The lowest BCUT2D eigenvalue weighted by atomic mass is 9.88. The molecule has 0 unspecified atom stereocenters. The third-order valence-electron chi connectivity index (χ3n) is 7.35. The number of benzene rings is 2. The fourth-order valence-electron chi connectivity index (χ4n) is 5.59. The number of hydrogen-bond donors (Lipinski definition) is 1. The molecule has 0 aliphatic carbocycles. The molecule has 0 atom stereocenters. The number of rotatable bonds is 3. The van der Waals surface area contributed by atoms with E-state index in [4.69, 9.17) is 4.42 Å². The van der Waals surface area contributed by atoms with E-state index in [1.54, 1.807) is 24.3 Å². The second-order valence-electron chi connectivity index (χ2n) is 9.56. The molecule has 2 aromatic carbocycles. The number of carbonyl (C=O) groups is 3. The largest absolute Gasteiger partial charge is 0.422 e. The van der Waals surface area contributed by atoms with Crippen molar-refractivity contribution in [3.8, 4) is 0 Å². The van der Waals surface area contributed by atoms with E-state index in [-0.39, 0.29) is 17.7 Å². The first-order valence-corrected chi connectivity index (χ1v) is 12.2. The van der Waals surface area contributed by atoms with Crippen LogP contribution >= 0.6 is 0 Å². The number of nitrogens with one attached hydrogen (secondary N) is 1. The molecule has 0 spiro atoms. The van der Waals surface area contributed by atoms with Gasteiger partial charge in [-0.15, -0.1) is 0 Å². The fourth-order valence-corrected chi connectivity index (χ4v) is 5.59. The number of amides is 4. The van der Waals surface area contributed by atoms with E-state index in [0.717, 1.165) is 60.2 Å². The van der Waals surface area contributed by atoms with E-state index in [1.807, 2.05) is 13.0 Å². The number of aryl methyl sites for hydroxylation is 3. The van der Waals surface area contributed by atoms with Crippen LogP contribution in [0.25, 0.3) is 17.0 Å². The minimum atomic E-state index is -0.829. The Morgan fingerprint density at radius 2 is 1.78 bits per heavy atom. The van der Waals surface area contributed by atoms with Crippen molar-refractivity contribution < 1.29 is 18.8 Å². The molecule has 8 heteroatoms. The predicted octanol–water partition coefficient (Wildman–Crippen LogP) is 3.46. The summed E-state index contributed by atoms with van der Waals surface area (Å²) in [7, 11) is 0. The van der Waals surface area contributed by atoms with Gasteiger partial charge >= 0.3 is 11.7 Å². The summed E-state index contributed by atoms with van der Waals surface area (Å²) in [6.07, 6.45) is 5.14. The summed E-state index contributed by atoms with van der Waals surface area (Å²) >= 11 is 0. The molecule has 1 N–H and O–H groups in total. The van der Waals surface area contributed by atoms with Crippen molar-refractivity contribution in [1.82, 2.24) is 10.2 Å². The van der Waals surface area contributed by atoms with Gasteiger partial charge in [-0.2, -0.15) is 0 Å². The van der Waals surface area contributed by atoms with Crippen LogP contribution in [0.5, 0.6) is 0 Å². The summed E-state index contributed by atoms with van der Waals surface area (Å²) < 4.78 is 5.85. The lowest BCUT2D eigenvalue weighted by Gasteiger charge is -2.37. The Bertz CT molecular complexity index is 1530. The van der Waals surface area contributed by atoms with Crippen LogP contribution in [-0.2, 0) is 29.0 Å². The van der Waals surface area contributed by atoms with Crippen molar-refractivity contribution in [3.63, 3.8) is 0 Å². The summed E-state index contributed by atoms with van der Waals surface area (Å²) in [5, 5.41) is 3.04. The molecule has 36 heavy (non-hydrogen) atoms. The van der Waals surface area contributed by atoms with Gasteiger partial charge in [0.25, 0.3) is 11.8 Å². The highest BCUT2D eigenvalue weighted by Gasteiger charge is 2.36. The maximum atomic E-state index is 13.2. The highest BCUT2D eigenvalue weighted by atomic mass is 16.4. The van der Waals surface area contributed by atoms with Crippen molar-refractivity contribution in [2.45, 2.75) is 39.2 Å². The van der Waals surface area contributed by atoms with Crippen LogP contribution in [0.4, 0.5) is 10.5 Å². The first-order chi connectivity index (χ1) is 17.4. The molecule has 0 bridgehead atoms. The van der Waals surface area contributed by atoms with Gasteiger partial charge in [-0.25, -0.2) is 9.59 Å². The minimum absolute atomic E-state index is 0.00737. The highest BCUT2D eigenvalue weighted by Crippen LogP contribution is 2.40. The molecule has 4 amide bonds. The van der Waals surface area contributed by atoms with Gasteiger partial charge in [-0.3, -0.25) is 19.8 Å². The van der Waals surface area contributed by atoms with Crippen LogP contribution in [0.2, 0.25) is 0 Å². The number of anilines is 1. The second-order valence-corrected chi connectivity index (χ2v) is 9.56. The molecule has 4 heterocycles. The number of barbiturate groups is 1. The van der Waals surface area contributed by atoms with Crippen LogP contribution in [0.1, 0.15) is 40.7 Å². The third kappa shape index (κ3) is 3.52. The zero-order chi connectivity index (χ0) is 25.0. The number of fused-ring (bicyclic) bond motifs is 2. The predicted molar refractivity (Wildman–Crippen MR) is 135 cm³/mol. The Labute approximate surface area is 207 Å². The number of hydrogen-bond acceptors (Lipinski definition) is 6. The van der Waals surface area contributed by atoms with Crippen LogP contribution in [0, 0.1) is 6.92 Å². The summed E-state index contributed by atoms with van der Waals surface area (Å²) in [5.74, 6) is -1.58. The van der Waals surface area contributed by atoms with E-state index >= 15 is 0 Å². The first kappa shape index (κ1) is 22.3. The Balaban J connectivity index is 1.45. The minimum Gasteiger partial charge on any atom is -0.422 e. The Morgan fingerprint density at radius 3 is 2.56 bits per heavy atom. The monoisotopic (exact) mass is 483 g/mol. The van der Waals surface area contributed by atoms with E-state index < -0.39 is 23.5 Å². The average molecular weight is 484 g/mol. The third-order valence-corrected chi connectivity index (χ3v) is 7.35. The molecule has 8 nitrogen and oxygen atoms in total. The summed E-state index contributed by atoms with van der Waals surface area (Å²) in [6.45, 7) is 3.84. The molecule has 0 radical (unpaired) electrons. The van der Waals surface area contributed by atoms with Crippen LogP contribution in [0.3, 0.4) is 0 Å². The molecular weight excluding hydrogens is 458 g/mol. The SMILES string of the molecule is Cc1c(/C=C2\C(=O)NC(=O)N(Cc3ccccc3)C2=O)c(=O)oc2c3c4c(cc12)CCCN4CCC3. The Morgan fingerprint density at radius 1 is 1.03 bits per heavy atom. The standard InChI is InChI=1S/C28H25N3O5/c1-16-20-13-18-9-5-11-30-12-6-10-19(23(18)30)24(20)36-27(34)21(16)14-22-25(32)29-28(35)31(26(22)33)15-17-7-3-2-4-8-17/h2-4,7-8,13-14H,5-6,9-12,15H2,1H3,(H,29,32,35)/b22-14+. The van der Waals surface area contributed by atoms with Crippen molar-refractivity contribution in [2.75, 3.05) is 18.0 Å². The van der Waals surface area contributed by atoms with E-state index in [9.17, 15) is 19.2 Å². The quantitative estimate of drug-likeness (QED) is 0.348. The van der Waals surface area contributed by atoms with Crippen LogP contribution in [-0.4, -0.2) is 35.8 Å². The average Bonchev–Trinajstić information content (AvgIpc) is 2.88. The molecule has 1 saturated heterocycles. The Hall–Kier alpha value is -4.20. The number of carbonyl (C=O) groups excluding carboxylic acids is 3. The molecule has 182 valence electrons. The lowest BCUT2D eigenvalue weighted by molar-refractivity contribution is -0.130. The zero-order valence-electron chi connectivity index (χ0n) is 19.9. The molecular formula is C28H25N3O5. The lowest BCUT2D eigenvalue weighted by Crippen LogP contribution is -2.53. The van der Waals surface area contributed by atoms with Crippen molar-refractivity contribution in [2.24, 2.45) is 0 Å². The normalized spacial score (nSPS) is 18.6. The van der Waals surface area contributed by atoms with Gasteiger partial charge in [0.15, 0.2) is 0 Å². The number of urea groups is 1. The number of imide groups is 2. The first-order valence-electron chi connectivity index (χ1n) is 12.2. The summed E-state index contributed by atoms with van der Waals surface area (Å²) in [5.41, 5.74) is 4.76. The highest BCUT2D eigenvalue weighted by molar-refractivity contribution is 6.31. The molecule has 3 aliphatic heterocycles. The molecule has 3 aliphatic rings. The second kappa shape index (κ2) is 8.48. The molecule has 0 saturated carbocycles. The topological polar surface area (TPSA) is 99.9 Å². The number of nitrogens with zero attached hydrogens (tertiary/aromatic N) is 2. The van der Waals surface area contributed by atoms with Crippen molar-refractivity contribution in [1.29, 1.82) is 0 Å². The van der Waals surface area contributed by atoms with Gasteiger partial charge < -0.3 is 9.32 Å². The van der Waals surface area contributed by atoms with Gasteiger partial charge in [0.1, 0.15) is 11.2 Å². The van der Waals surface area contributed by atoms with Crippen LogP contribution < -0.4 is 15.8 Å². The van der Waals surface area contributed by atoms with Gasteiger partial charge in [-0.05, 0) is 61.4 Å². The maximum absolute atomic E-state index is 13.2. The van der Waals surface area contributed by atoms with Gasteiger partial charge in [0, 0.05) is 29.7 Å². The zero-order valence-corrected chi connectivity index (χ0v) is 19.9. The fraction of sp³-hybridized carbons (Fsp3) is 0.286. The molecule has 6 rings (SSSR count). The Kier molecular flexibility index (Phi) is 5.25. The van der Waals surface area contributed by atoms with Gasteiger partial charge in [-0.1, -0.05) is 30.3 Å². The van der Waals surface area contributed by atoms with Crippen molar-refractivity contribution >= 4 is 40.6 Å². The molecule has 1 fully saturated rings. The van der Waals surface area contributed by atoms with Crippen molar-refractivity contribution in [3.05, 3.63) is 80.2 Å². The van der Waals surface area contributed by atoms with Crippen LogP contribution in [0.15, 0.2) is 51.2 Å².